The monoisotopic (exact) mass is 345 g/mol. The van der Waals surface area contributed by atoms with Crippen LogP contribution >= 0.6 is 11.8 Å². The largest absolute Gasteiger partial charge is 0.325 e. The Balaban J connectivity index is 1.53. The van der Waals surface area contributed by atoms with Crippen LogP contribution in [0.2, 0.25) is 0 Å². The van der Waals surface area contributed by atoms with E-state index in [4.69, 9.17) is 0 Å². The third kappa shape index (κ3) is 2.38. The van der Waals surface area contributed by atoms with Gasteiger partial charge in [-0.2, -0.15) is 11.8 Å². The van der Waals surface area contributed by atoms with Gasteiger partial charge in [0.1, 0.15) is 12.1 Å². The first-order chi connectivity index (χ1) is 11.6. The molecule has 4 rings (SSSR count). The van der Waals surface area contributed by atoms with Gasteiger partial charge in [0.2, 0.25) is 5.91 Å². The van der Waals surface area contributed by atoms with Crippen molar-refractivity contribution in [2.75, 3.05) is 29.5 Å². The Morgan fingerprint density at radius 3 is 2.92 bits per heavy atom. The van der Waals surface area contributed by atoms with Crippen molar-refractivity contribution >= 4 is 35.3 Å². The third-order valence-corrected chi connectivity index (χ3v) is 6.16. The van der Waals surface area contributed by atoms with Crippen molar-refractivity contribution in [1.29, 1.82) is 0 Å². The van der Waals surface area contributed by atoms with Crippen LogP contribution in [-0.4, -0.2) is 52.9 Å². The maximum atomic E-state index is 12.8. The number of benzene rings is 1. The summed E-state index contributed by atoms with van der Waals surface area (Å²) in [6, 6.07) is 7.37. The molecule has 0 bridgehead atoms. The summed E-state index contributed by atoms with van der Waals surface area (Å²) < 4.78 is 0. The van der Waals surface area contributed by atoms with Gasteiger partial charge in [0.25, 0.3) is 5.91 Å². The minimum atomic E-state index is -0.790. The number of nitrogens with one attached hydrogen (secondary N) is 1. The average Bonchev–Trinajstić information content (AvgIpc) is 3.15. The topological polar surface area (TPSA) is 69.7 Å². The number of fused-ring (bicyclic) bond motifs is 1. The van der Waals surface area contributed by atoms with Crippen LogP contribution in [0.3, 0.4) is 0 Å². The molecule has 0 aliphatic carbocycles. The Kier molecular flexibility index (Phi) is 3.75. The zero-order valence-electron chi connectivity index (χ0n) is 13.3. The second-order valence-corrected chi connectivity index (χ2v) is 7.59. The summed E-state index contributed by atoms with van der Waals surface area (Å²) in [4.78, 5) is 40.4. The summed E-state index contributed by atoms with van der Waals surface area (Å²) >= 11 is 1.66. The Hall–Kier alpha value is -2.02. The van der Waals surface area contributed by atoms with Crippen LogP contribution in [0.25, 0.3) is 0 Å². The van der Waals surface area contributed by atoms with Gasteiger partial charge >= 0.3 is 6.03 Å². The van der Waals surface area contributed by atoms with E-state index in [-0.39, 0.29) is 18.4 Å². The Morgan fingerprint density at radius 1 is 1.29 bits per heavy atom. The maximum Gasteiger partial charge on any atom is 0.325 e. The second kappa shape index (κ2) is 5.81. The molecule has 0 saturated carbocycles. The number of nitrogens with zero attached hydrogens (tertiary/aromatic N) is 2. The minimum absolute atomic E-state index is 0.189. The van der Waals surface area contributed by atoms with E-state index < -0.39 is 11.6 Å². The summed E-state index contributed by atoms with van der Waals surface area (Å²) in [5, 5.41) is 2.80. The summed E-state index contributed by atoms with van der Waals surface area (Å²) in [7, 11) is 0. The molecule has 0 unspecified atom stereocenters. The number of anilines is 1. The van der Waals surface area contributed by atoms with Gasteiger partial charge in [-0.25, -0.2) is 4.79 Å². The Labute approximate surface area is 144 Å². The summed E-state index contributed by atoms with van der Waals surface area (Å²) in [6.07, 6.45) is 2.48. The van der Waals surface area contributed by atoms with Crippen molar-refractivity contribution in [1.82, 2.24) is 10.2 Å². The molecule has 1 aromatic carbocycles. The highest BCUT2D eigenvalue weighted by molar-refractivity contribution is 7.99. The van der Waals surface area contributed by atoms with Crippen LogP contribution in [0.5, 0.6) is 0 Å². The molecule has 1 spiro atoms. The molecule has 1 atom stereocenters. The average molecular weight is 345 g/mol. The van der Waals surface area contributed by atoms with Crippen molar-refractivity contribution in [2.24, 2.45) is 0 Å². The number of para-hydroxylation sites is 1. The van der Waals surface area contributed by atoms with E-state index in [0.29, 0.717) is 18.7 Å². The van der Waals surface area contributed by atoms with Gasteiger partial charge in [0.05, 0.1) is 0 Å². The van der Waals surface area contributed by atoms with Gasteiger partial charge in [-0.3, -0.25) is 14.5 Å². The van der Waals surface area contributed by atoms with E-state index in [0.717, 1.165) is 34.7 Å². The quantitative estimate of drug-likeness (QED) is 0.823. The fraction of sp³-hybridized carbons (Fsp3) is 0.471. The smallest absolute Gasteiger partial charge is 0.322 e. The fourth-order valence-electron chi connectivity index (χ4n) is 3.67. The molecule has 3 heterocycles. The van der Waals surface area contributed by atoms with Crippen LogP contribution in [0.15, 0.2) is 24.3 Å². The van der Waals surface area contributed by atoms with Crippen molar-refractivity contribution in [3.8, 4) is 0 Å². The van der Waals surface area contributed by atoms with E-state index in [1.165, 1.54) is 0 Å². The molecule has 1 aromatic rings. The van der Waals surface area contributed by atoms with Crippen molar-refractivity contribution in [3.63, 3.8) is 0 Å². The molecule has 2 saturated heterocycles. The van der Waals surface area contributed by atoms with E-state index in [1.54, 1.807) is 16.7 Å². The fourth-order valence-corrected chi connectivity index (χ4v) is 4.99. The van der Waals surface area contributed by atoms with Crippen molar-refractivity contribution in [3.05, 3.63) is 29.8 Å². The number of hydrogen-bond acceptors (Lipinski definition) is 4. The molecule has 0 radical (unpaired) electrons. The standard InChI is InChI=1S/C17H19N3O3S/c21-14(19-8-3-5-12-4-1-2-6-13(12)19)10-20-15(22)17(18-16(20)23)7-9-24-11-17/h1-2,4,6H,3,5,7-11H2,(H,18,23)/t17-/m0/s1. The number of amides is 4. The number of rotatable bonds is 2. The SMILES string of the molecule is O=C1N[C@]2(CCSC2)C(=O)N1CC(=O)N1CCCc2ccccc21. The zero-order chi connectivity index (χ0) is 16.7. The van der Waals surface area contributed by atoms with Crippen LogP contribution in [0.4, 0.5) is 10.5 Å². The molecule has 24 heavy (non-hydrogen) atoms. The number of thioether (sulfide) groups is 1. The predicted octanol–water partition coefficient (Wildman–Crippen LogP) is 1.39. The van der Waals surface area contributed by atoms with Gasteiger partial charge < -0.3 is 10.2 Å². The Morgan fingerprint density at radius 2 is 2.12 bits per heavy atom. The highest BCUT2D eigenvalue weighted by Crippen LogP contribution is 2.33. The zero-order valence-corrected chi connectivity index (χ0v) is 14.1. The molecule has 4 amide bonds. The first kappa shape index (κ1) is 15.5. The second-order valence-electron chi connectivity index (χ2n) is 6.48. The van der Waals surface area contributed by atoms with E-state index >= 15 is 0 Å². The first-order valence-electron chi connectivity index (χ1n) is 8.21. The molecular weight excluding hydrogens is 326 g/mol. The van der Waals surface area contributed by atoms with E-state index in [2.05, 4.69) is 5.32 Å². The third-order valence-electron chi connectivity index (χ3n) is 4.97. The molecule has 3 aliphatic rings. The molecule has 126 valence electrons. The lowest BCUT2D eigenvalue weighted by atomic mass is 9.99. The van der Waals surface area contributed by atoms with Gasteiger partial charge in [-0.05, 0) is 36.6 Å². The summed E-state index contributed by atoms with van der Waals surface area (Å²) in [6.45, 7) is 0.436. The molecule has 6 nitrogen and oxygen atoms in total. The molecule has 3 aliphatic heterocycles. The van der Waals surface area contributed by atoms with Gasteiger partial charge in [-0.15, -0.1) is 0 Å². The molecule has 1 N–H and O–H groups in total. The number of aryl methyl sites for hydroxylation is 1. The number of carbonyl (C=O) groups excluding carboxylic acids is 3. The number of carbonyl (C=O) groups is 3. The van der Waals surface area contributed by atoms with Crippen molar-refractivity contribution in [2.45, 2.75) is 24.8 Å². The molecular formula is C17H19N3O3S. The minimum Gasteiger partial charge on any atom is -0.322 e. The molecule has 7 heteroatoms. The van der Waals surface area contributed by atoms with Crippen molar-refractivity contribution < 1.29 is 14.4 Å². The normalized spacial score (nSPS) is 26.0. The Bertz CT molecular complexity index is 715. The first-order valence-corrected chi connectivity index (χ1v) is 9.36. The highest BCUT2D eigenvalue weighted by Gasteiger charge is 2.53. The van der Waals surface area contributed by atoms with E-state index in [1.807, 2.05) is 24.3 Å². The van der Waals surface area contributed by atoms with Crippen LogP contribution in [-0.2, 0) is 16.0 Å². The van der Waals surface area contributed by atoms with Gasteiger partial charge in [0.15, 0.2) is 0 Å². The van der Waals surface area contributed by atoms with Gasteiger partial charge in [0, 0.05) is 18.0 Å². The lowest BCUT2D eigenvalue weighted by molar-refractivity contribution is -0.133. The van der Waals surface area contributed by atoms with Crippen LogP contribution < -0.4 is 10.2 Å². The van der Waals surface area contributed by atoms with Crippen LogP contribution in [0, 0.1) is 0 Å². The number of urea groups is 1. The number of hydrogen-bond donors (Lipinski definition) is 1. The molecule has 0 aromatic heterocycles. The van der Waals surface area contributed by atoms with E-state index in [9.17, 15) is 14.4 Å². The summed E-state index contributed by atoms with van der Waals surface area (Å²) in [5.41, 5.74) is 1.24. The summed E-state index contributed by atoms with van der Waals surface area (Å²) in [5.74, 6) is 0.992. The maximum absolute atomic E-state index is 12.8. The number of imide groups is 1. The van der Waals surface area contributed by atoms with Crippen LogP contribution in [0.1, 0.15) is 18.4 Å². The van der Waals surface area contributed by atoms with Gasteiger partial charge in [-0.1, -0.05) is 18.2 Å². The molecule has 2 fully saturated rings. The predicted molar refractivity (Wildman–Crippen MR) is 92.0 cm³/mol. The lowest BCUT2D eigenvalue weighted by Crippen LogP contribution is -2.48. The highest BCUT2D eigenvalue weighted by atomic mass is 32.2. The lowest BCUT2D eigenvalue weighted by Gasteiger charge is -2.30.